The van der Waals surface area contributed by atoms with E-state index in [-0.39, 0.29) is 28.4 Å². The highest BCUT2D eigenvalue weighted by Gasteiger charge is 2.34. The zero-order chi connectivity index (χ0) is 19.7. The SMILES string of the molecule is O=C(Nc1cnccn1)c1ccnc2cc(-c3ccccc3C(F)(F)F)nn12. The Balaban J connectivity index is 1.78. The summed E-state index contributed by atoms with van der Waals surface area (Å²) in [5.74, 6) is -0.320. The summed E-state index contributed by atoms with van der Waals surface area (Å²) in [5, 5.41) is 6.73. The van der Waals surface area contributed by atoms with Crippen molar-refractivity contribution in [2.75, 3.05) is 5.32 Å². The van der Waals surface area contributed by atoms with Crippen molar-refractivity contribution in [3.63, 3.8) is 0 Å². The lowest BCUT2D eigenvalue weighted by Crippen LogP contribution is -2.17. The first-order chi connectivity index (χ1) is 13.4. The van der Waals surface area contributed by atoms with Crippen LogP contribution in [0.25, 0.3) is 16.9 Å². The van der Waals surface area contributed by atoms with E-state index in [0.717, 1.165) is 6.07 Å². The Hall–Kier alpha value is -3.82. The Labute approximate surface area is 155 Å². The maximum atomic E-state index is 13.3. The van der Waals surface area contributed by atoms with Crippen molar-refractivity contribution in [1.82, 2.24) is 24.6 Å². The number of anilines is 1. The van der Waals surface area contributed by atoms with Gasteiger partial charge >= 0.3 is 6.18 Å². The van der Waals surface area contributed by atoms with E-state index in [1.807, 2.05) is 0 Å². The average Bonchev–Trinajstić information content (AvgIpc) is 3.12. The van der Waals surface area contributed by atoms with Crippen molar-refractivity contribution in [2.24, 2.45) is 0 Å². The molecule has 0 radical (unpaired) electrons. The van der Waals surface area contributed by atoms with E-state index in [1.165, 1.54) is 59.6 Å². The molecule has 0 aliphatic heterocycles. The van der Waals surface area contributed by atoms with E-state index in [9.17, 15) is 18.0 Å². The number of rotatable bonds is 3. The summed E-state index contributed by atoms with van der Waals surface area (Å²) < 4.78 is 41.1. The standard InChI is InChI=1S/C18H11F3N6O/c19-18(20,21)12-4-2-1-3-11(12)13-9-16-24-6-5-14(27(16)26-13)17(28)25-15-10-22-7-8-23-15/h1-10H,(H,23,25,28). The molecule has 7 nitrogen and oxygen atoms in total. The molecule has 4 aromatic rings. The Morgan fingerprint density at radius 2 is 1.86 bits per heavy atom. The summed E-state index contributed by atoms with van der Waals surface area (Å²) in [6, 6.07) is 7.90. The van der Waals surface area contributed by atoms with Crippen LogP contribution >= 0.6 is 0 Å². The van der Waals surface area contributed by atoms with Crippen molar-refractivity contribution in [1.29, 1.82) is 0 Å². The quantitative estimate of drug-likeness (QED) is 0.585. The number of aromatic nitrogens is 5. The highest BCUT2D eigenvalue weighted by atomic mass is 19.4. The van der Waals surface area contributed by atoms with Gasteiger partial charge in [-0.3, -0.25) is 9.78 Å². The predicted octanol–water partition coefficient (Wildman–Crippen LogP) is 3.46. The van der Waals surface area contributed by atoms with Crippen molar-refractivity contribution in [3.8, 4) is 11.3 Å². The molecule has 3 aromatic heterocycles. The van der Waals surface area contributed by atoms with Crippen LogP contribution in [0.1, 0.15) is 16.1 Å². The molecule has 0 spiro atoms. The molecular formula is C18H11F3N6O. The lowest BCUT2D eigenvalue weighted by atomic mass is 10.0. The minimum Gasteiger partial charge on any atom is -0.304 e. The van der Waals surface area contributed by atoms with Crippen LogP contribution in [-0.4, -0.2) is 30.5 Å². The molecule has 0 fully saturated rings. The van der Waals surface area contributed by atoms with Crippen LogP contribution in [0.2, 0.25) is 0 Å². The maximum Gasteiger partial charge on any atom is 0.417 e. The number of carbonyl (C=O) groups is 1. The molecule has 0 saturated heterocycles. The first-order valence-corrected chi connectivity index (χ1v) is 8.02. The van der Waals surface area contributed by atoms with Crippen LogP contribution in [0.3, 0.4) is 0 Å². The van der Waals surface area contributed by atoms with Gasteiger partial charge in [0.2, 0.25) is 0 Å². The van der Waals surface area contributed by atoms with E-state index in [2.05, 4.69) is 25.4 Å². The number of hydrogen-bond donors (Lipinski definition) is 1. The first kappa shape index (κ1) is 17.6. The predicted molar refractivity (Wildman–Crippen MR) is 93.4 cm³/mol. The molecule has 140 valence electrons. The number of carbonyl (C=O) groups excluding carboxylic acids is 1. The fraction of sp³-hybridized carbons (Fsp3) is 0.0556. The summed E-state index contributed by atoms with van der Waals surface area (Å²) in [6.07, 6.45) is 1.08. The van der Waals surface area contributed by atoms with Crippen LogP contribution in [0.4, 0.5) is 19.0 Å². The van der Waals surface area contributed by atoms with Gasteiger partial charge in [-0.15, -0.1) is 0 Å². The number of nitrogens with zero attached hydrogens (tertiary/aromatic N) is 5. The number of nitrogens with one attached hydrogen (secondary N) is 1. The lowest BCUT2D eigenvalue weighted by Gasteiger charge is -2.10. The maximum absolute atomic E-state index is 13.3. The van der Waals surface area contributed by atoms with Crippen LogP contribution in [-0.2, 0) is 6.18 Å². The molecule has 0 saturated carbocycles. The second-order valence-electron chi connectivity index (χ2n) is 5.72. The van der Waals surface area contributed by atoms with Crippen molar-refractivity contribution in [2.45, 2.75) is 6.18 Å². The smallest absolute Gasteiger partial charge is 0.304 e. The Morgan fingerprint density at radius 3 is 2.61 bits per heavy atom. The number of halogens is 3. The molecule has 0 unspecified atom stereocenters. The van der Waals surface area contributed by atoms with Crippen LogP contribution in [0.5, 0.6) is 0 Å². The summed E-state index contributed by atoms with van der Waals surface area (Å²) in [4.78, 5) is 24.4. The molecule has 3 heterocycles. The topological polar surface area (TPSA) is 85.1 Å². The van der Waals surface area contributed by atoms with Gasteiger partial charge in [0.05, 0.1) is 17.5 Å². The van der Waals surface area contributed by atoms with Gasteiger partial charge in [-0.25, -0.2) is 14.5 Å². The first-order valence-electron chi connectivity index (χ1n) is 8.02. The minimum atomic E-state index is -4.54. The molecule has 28 heavy (non-hydrogen) atoms. The van der Waals surface area contributed by atoms with Gasteiger partial charge in [0.1, 0.15) is 5.69 Å². The minimum absolute atomic E-state index is 0.0557. The van der Waals surface area contributed by atoms with Gasteiger partial charge in [-0.1, -0.05) is 18.2 Å². The fourth-order valence-electron chi connectivity index (χ4n) is 2.70. The number of benzene rings is 1. The largest absolute Gasteiger partial charge is 0.417 e. The summed E-state index contributed by atoms with van der Waals surface area (Å²) in [5.41, 5.74) is -0.532. The van der Waals surface area contributed by atoms with Gasteiger partial charge in [-0.05, 0) is 12.1 Å². The van der Waals surface area contributed by atoms with Gasteiger partial charge in [0.15, 0.2) is 11.5 Å². The van der Waals surface area contributed by atoms with Crippen molar-refractivity contribution in [3.05, 3.63) is 72.4 Å². The Kier molecular flexibility index (Phi) is 4.22. The summed E-state index contributed by atoms with van der Waals surface area (Å²) >= 11 is 0. The third-order valence-corrected chi connectivity index (χ3v) is 3.90. The molecule has 10 heteroatoms. The van der Waals surface area contributed by atoms with Gasteiger partial charge in [0.25, 0.3) is 5.91 Å². The fourth-order valence-corrected chi connectivity index (χ4v) is 2.70. The molecule has 1 N–H and O–H groups in total. The molecule has 0 aliphatic rings. The number of amides is 1. The monoisotopic (exact) mass is 384 g/mol. The summed E-state index contributed by atoms with van der Waals surface area (Å²) in [6.45, 7) is 0. The van der Waals surface area contributed by atoms with E-state index in [4.69, 9.17) is 0 Å². The summed E-state index contributed by atoms with van der Waals surface area (Å²) in [7, 11) is 0. The van der Waals surface area contributed by atoms with E-state index < -0.39 is 17.6 Å². The second kappa shape index (κ2) is 6.72. The van der Waals surface area contributed by atoms with Crippen LogP contribution in [0, 0.1) is 0 Å². The number of hydrogen-bond acceptors (Lipinski definition) is 5. The molecule has 0 bridgehead atoms. The average molecular weight is 384 g/mol. The van der Waals surface area contributed by atoms with Gasteiger partial charge in [-0.2, -0.15) is 18.3 Å². The normalized spacial score (nSPS) is 11.5. The van der Waals surface area contributed by atoms with Crippen LogP contribution < -0.4 is 5.32 Å². The zero-order valence-corrected chi connectivity index (χ0v) is 14.1. The number of alkyl halides is 3. The van der Waals surface area contributed by atoms with E-state index >= 15 is 0 Å². The molecule has 4 rings (SSSR count). The van der Waals surface area contributed by atoms with Gasteiger partial charge in [0, 0.05) is 30.2 Å². The third-order valence-electron chi connectivity index (χ3n) is 3.90. The second-order valence-corrected chi connectivity index (χ2v) is 5.72. The number of fused-ring (bicyclic) bond motifs is 1. The van der Waals surface area contributed by atoms with Crippen LogP contribution in [0.15, 0.2) is 61.2 Å². The Morgan fingerprint density at radius 1 is 1.04 bits per heavy atom. The van der Waals surface area contributed by atoms with E-state index in [0.29, 0.717) is 0 Å². The highest BCUT2D eigenvalue weighted by Crippen LogP contribution is 2.36. The lowest BCUT2D eigenvalue weighted by molar-refractivity contribution is -0.137. The molecule has 1 aromatic carbocycles. The third kappa shape index (κ3) is 3.27. The molecule has 0 atom stereocenters. The van der Waals surface area contributed by atoms with Crippen molar-refractivity contribution >= 4 is 17.4 Å². The van der Waals surface area contributed by atoms with Crippen molar-refractivity contribution < 1.29 is 18.0 Å². The zero-order valence-electron chi connectivity index (χ0n) is 14.1. The molecule has 0 aliphatic carbocycles. The van der Waals surface area contributed by atoms with E-state index in [1.54, 1.807) is 0 Å². The van der Waals surface area contributed by atoms with Gasteiger partial charge < -0.3 is 5.32 Å². The molecule has 1 amide bonds. The highest BCUT2D eigenvalue weighted by molar-refractivity contribution is 6.02. The molecular weight excluding hydrogens is 373 g/mol. The Bertz CT molecular complexity index is 1160.